The molecule has 188 valence electrons. The number of nitrogens with one attached hydrogen (secondary N) is 1. The number of methoxy groups -OCH3 is 1. The molecule has 0 saturated carbocycles. The lowest BCUT2D eigenvalue weighted by molar-refractivity contribution is 0.163. The first-order chi connectivity index (χ1) is 16.9. The van der Waals surface area contributed by atoms with E-state index in [1.807, 2.05) is 54.3 Å². The lowest BCUT2D eigenvalue weighted by Gasteiger charge is -2.33. The highest BCUT2D eigenvalue weighted by Gasteiger charge is 2.29. The van der Waals surface area contributed by atoms with E-state index in [4.69, 9.17) is 9.72 Å². The van der Waals surface area contributed by atoms with Crippen LogP contribution in [0.3, 0.4) is 0 Å². The fraction of sp³-hybridized carbons (Fsp3) is 0.464. The molecule has 1 N–H and O–H groups in total. The lowest BCUT2D eigenvalue weighted by Crippen LogP contribution is -2.45. The number of benzene rings is 2. The zero-order valence-corrected chi connectivity index (χ0v) is 21.6. The summed E-state index contributed by atoms with van der Waals surface area (Å²) in [5.41, 5.74) is 1.05. The number of hydrogen-bond acceptors (Lipinski definition) is 4. The molecule has 7 nitrogen and oxygen atoms in total. The number of amides is 2. The Labute approximate surface area is 208 Å². The van der Waals surface area contributed by atoms with Crippen LogP contribution in [0, 0.1) is 5.92 Å². The SMILES string of the molecule is CCCCNC(=O)N(CCC(C)C)C(CC)c1nc2ccccc2c(=O)n1-c1ccccc1OC. The second kappa shape index (κ2) is 12.4. The Morgan fingerprint density at radius 3 is 2.51 bits per heavy atom. The molecule has 0 radical (unpaired) electrons. The summed E-state index contributed by atoms with van der Waals surface area (Å²) in [5.74, 6) is 1.54. The molecular weight excluding hydrogens is 440 g/mol. The molecule has 7 heteroatoms. The van der Waals surface area contributed by atoms with E-state index < -0.39 is 6.04 Å². The average molecular weight is 479 g/mol. The Morgan fingerprint density at radius 1 is 1.11 bits per heavy atom. The number of para-hydroxylation sites is 3. The minimum absolute atomic E-state index is 0.125. The maximum atomic E-state index is 13.9. The van der Waals surface area contributed by atoms with Crippen molar-refractivity contribution in [1.29, 1.82) is 0 Å². The molecule has 1 atom stereocenters. The molecule has 3 rings (SSSR count). The number of carbonyl (C=O) groups excluding carboxylic acids is 1. The minimum Gasteiger partial charge on any atom is -0.495 e. The second-order valence-corrected chi connectivity index (χ2v) is 9.19. The maximum absolute atomic E-state index is 13.9. The van der Waals surface area contributed by atoms with E-state index in [1.54, 1.807) is 17.7 Å². The predicted molar refractivity (Wildman–Crippen MR) is 141 cm³/mol. The molecule has 3 aromatic rings. The van der Waals surface area contributed by atoms with Gasteiger partial charge >= 0.3 is 6.03 Å². The van der Waals surface area contributed by atoms with Crippen molar-refractivity contribution < 1.29 is 9.53 Å². The Bertz CT molecular complexity index is 1190. The summed E-state index contributed by atoms with van der Waals surface area (Å²) < 4.78 is 7.23. The van der Waals surface area contributed by atoms with Gasteiger partial charge in [-0.15, -0.1) is 0 Å². The quantitative estimate of drug-likeness (QED) is 0.359. The van der Waals surface area contributed by atoms with Crippen LogP contribution >= 0.6 is 0 Å². The van der Waals surface area contributed by atoms with E-state index in [-0.39, 0.29) is 11.6 Å². The van der Waals surface area contributed by atoms with Crippen molar-refractivity contribution >= 4 is 16.9 Å². The van der Waals surface area contributed by atoms with Crippen LogP contribution in [0.25, 0.3) is 16.6 Å². The third-order valence-corrected chi connectivity index (χ3v) is 6.20. The lowest BCUT2D eigenvalue weighted by atomic mass is 10.1. The summed E-state index contributed by atoms with van der Waals surface area (Å²) in [4.78, 5) is 34.1. The van der Waals surface area contributed by atoms with E-state index in [0.29, 0.717) is 53.6 Å². The highest BCUT2D eigenvalue weighted by atomic mass is 16.5. The maximum Gasteiger partial charge on any atom is 0.318 e. The molecule has 0 fully saturated rings. The van der Waals surface area contributed by atoms with E-state index >= 15 is 0 Å². The van der Waals surface area contributed by atoms with Gasteiger partial charge in [0, 0.05) is 13.1 Å². The molecule has 0 aliphatic rings. The number of urea groups is 1. The molecular formula is C28H38N4O3. The number of nitrogens with zero attached hydrogens (tertiary/aromatic N) is 3. The van der Waals surface area contributed by atoms with Crippen LogP contribution < -0.4 is 15.6 Å². The van der Waals surface area contributed by atoms with Gasteiger partial charge in [0.25, 0.3) is 5.56 Å². The number of unbranched alkanes of at least 4 members (excludes halogenated alkanes) is 1. The first kappa shape index (κ1) is 26.3. The van der Waals surface area contributed by atoms with Crippen molar-refractivity contribution in [2.75, 3.05) is 20.2 Å². The van der Waals surface area contributed by atoms with Gasteiger partial charge in [-0.25, -0.2) is 9.78 Å². The number of ether oxygens (including phenoxy) is 1. The largest absolute Gasteiger partial charge is 0.495 e. The predicted octanol–water partition coefficient (Wildman–Crippen LogP) is 5.70. The fourth-order valence-corrected chi connectivity index (χ4v) is 4.23. The number of carbonyl (C=O) groups is 1. The first-order valence-corrected chi connectivity index (χ1v) is 12.6. The van der Waals surface area contributed by atoms with Gasteiger partial charge < -0.3 is 15.0 Å². The highest BCUT2D eigenvalue weighted by Crippen LogP contribution is 2.30. The highest BCUT2D eigenvalue weighted by molar-refractivity contribution is 5.78. The van der Waals surface area contributed by atoms with Crippen molar-refractivity contribution in [3.63, 3.8) is 0 Å². The average Bonchev–Trinajstić information content (AvgIpc) is 2.86. The number of fused-ring (bicyclic) bond motifs is 1. The molecule has 1 aromatic heterocycles. The topological polar surface area (TPSA) is 76.5 Å². The first-order valence-electron chi connectivity index (χ1n) is 12.6. The molecule has 2 amide bonds. The van der Waals surface area contributed by atoms with E-state index in [2.05, 4.69) is 26.1 Å². The molecule has 1 unspecified atom stereocenters. The van der Waals surface area contributed by atoms with Crippen molar-refractivity contribution in [1.82, 2.24) is 19.8 Å². The zero-order valence-electron chi connectivity index (χ0n) is 21.6. The molecule has 0 saturated heterocycles. The van der Waals surface area contributed by atoms with Gasteiger partial charge in [0.2, 0.25) is 0 Å². The molecule has 35 heavy (non-hydrogen) atoms. The van der Waals surface area contributed by atoms with Gasteiger partial charge in [-0.3, -0.25) is 9.36 Å². The van der Waals surface area contributed by atoms with Crippen LogP contribution in [0.5, 0.6) is 5.75 Å². The third kappa shape index (κ3) is 6.02. The van der Waals surface area contributed by atoms with Crippen molar-refractivity contribution in [3.8, 4) is 11.4 Å². The van der Waals surface area contributed by atoms with Gasteiger partial charge in [0.05, 0.1) is 29.7 Å². The summed E-state index contributed by atoms with van der Waals surface area (Å²) in [5, 5.41) is 3.60. The van der Waals surface area contributed by atoms with Gasteiger partial charge in [0.15, 0.2) is 0 Å². The van der Waals surface area contributed by atoms with Crippen molar-refractivity contribution in [2.45, 2.75) is 59.4 Å². The van der Waals surface area contributed by atoms with Crippen LogP contribution in [0.1, 0.15) is 65.2 Å². The number of rotatable bonds is 11. The normalized spacial score (nSPS) is 12.1. The number of aromatic nitrogens is 2. The van der Waals surface area contributed by atoms with Crippen LogP contribution in [0.2, 0.25) is 0 Å². The molecule has 0 bridgehead atoms. The summed E-state index contributed by atoms with van der Waals surface area (Å²) in [6.07, 6.45) is 3.38. The Morgan fingerprint density at radius 2 is 1.83 bits per heavy atom. The monoisotopic (exact) mass is 478 g/mol. The Balaban J connectivity index is 2.23. The fourth-order valence-electron chi connectivity index (χ4n) is 4.23. The van der Waals surface area contributed by atoms with Crippen LogP contribution in [-0.4, -0.2) is 40.7 Å². The van der Waals surface area contributed by atoms with Gasteiger partial charge in [0.1, 0.15) is 11.6 Å². The third-order valence-electron chi connectivity index (χ3n) is 6.20. The second-order valence-electron chi connectivity index (χ2n) is 9.19. The van der Waals surface area contributed by atoms with Crippen molar-refractivity contribution in [3.05, 3.63) is 64.7 Å². The summed E-state index contributed by atoms with van der Waals surface area (Å²) in [7, 11) is 1.59. The Kier molecular flexibility index (Phi) is 9.29. The summed E-state index contributed by atoms with van der Waals surface area (Å²) in [6.45, 7) is 9.61. The standard InChI is InChI=1S/C28H38N4O3/c1-6-8-18-29-28(34)31(19-17-20(3)4)23(7-2)26-30-22-14-10-9-13-21(22)27(33)32(26)24-15-11-12-16-25(24)35-5/h9-16,20,23H,6-8,17-19H2,1-5H3,(H,29,34). The Hall–Kier alpha value is -3.35. The molecule has 0 aliphatic carbocycles. The number of hydrogen-bond donors (Lipinski definition) is 1. The van der Waals surface area contributed by atoms with Gasteiger partial charge in [-0.2, -0.15) is 0 Å². The zero-order chi connectivity index (χ0) is 25.4. The summed E-state index contributed by atoms with van der Waals surface area (Å²) >= 11 is 0. The van der Waals surface area contributed by atoms with E-state index in [0.717, 1.165) is 19.3 Å². The molecule has 2 aromatic carbocycles. The van der Waals surface area contributed by atoms with E-state index in [1.165, 1.54) is 0 Å². The minimum atomic E-state index is -0.391. The van der Waals surface area contributed by atoms with Crippen molar-refractivity contribution in [2.24, 2.45) is 5.92 Å². The smallest absolute Gasteiger partial charge is 0.318 e. The van der Waals surface area contributed by atoms with Crippen LogP contribution in [0.15, 0.2) is 53.3 Å². The molecule has 1 heterocycles. The molecule has 0 aliphatic heterocycles. The van der Waals surface area contributed by atoms with Crippen LogP contribution in [0.4, 0.5) is 4.79 Å². The summed E-state index contributed by atoms with van der Waals surface area (Å²) in [6, 6.07) is 14.3. The van der Waals surface area contributed by atoms with Crippen LogP contribution in [-0.2, 0) is 0 Å². The van der Waals surface area contributed by atoms with E-state index in [9.17, 15) is 9.59 Å². The van der Waals surface area contributed by atoms with Gasteiger partial charge in [-0.05, 0) is 49.4 Å². The van der Waals surface area contributed by atoms with Gasteiger partial charge in [-0.1, -0.05) is 58.4 Å². The molecule has 0 spiro atoms.